The van der Waals surface area contributed by atoms with Gasteiger partial charge in [0.25, 0.3) is 5.91 Å². The number of ether oxygens (including phenoxy) is 1. The Balaban J connectivity index is 1.69. The lowest BCUT2D eigenvalue weighted by Crippen LogP contribution is -2.57. The van der Waals surface area contributed by atoms with Gasteiger partial charge in [0.05, 0.1) is 35.0 Å². The molecule has 2 aromatic carbocycles. The van der Waals surface area contributed by atoms with Crippen molar-refractivity contribution in [3.8, 4) is 0 Å². The van der Waals surface area contributed by atoms with Crippen LogP contribution in [0.4, 0.5) is 23.7 Å². The van der Waals surface area contributed by atoms with E-state index in [1.54, 1.807) is 20.8 Å². The number of halogens is 3. The number of alkyl halides is 3. The SMILES string of the molecule is Cc1ccc(CNC[C@H](NC(=O)CNC(=O)c2cc(C(F)(F)F)ccc2NC(=O)OC(C)(C)C)C2(O)CCCC2)c(C)c1. The first-order chi connectivity index (χ1) is 20.0. The van der Waals surface area contributed by atoms with Gasteiger partial charge in [0, 0.05) is 13.1 Å². The molecule has 3 amide bonds. The molecule has 1 fully saturated rings. The van der Waals surface area contributed by atoms with Crippen molar-refractivity contribution in [2.24, 2.45) is 0 Å². The number of benzene rings is 2. The van der Waals surface area contributed by atoms with Crippen LogP contribution in [0, 0.1) is 13.8 Å². The Bertz CT molecular complexity index is 1320. The summed E-state index contributed by atoms with van der Waals surface area (Å²) in [5.41, 5.74) is -0.487. The molecule has 12 heteroatoms. The van der Waals surface area contributed by atoms with E-state index in [1.165, 1.54) is 0 Å². The summed E-state index contributed by atoms with van der Waals surface area (Å²) in [5.74, 6) is -1.63. The second kappa shape index (κ2) is 13.8. The Morgan fingerprint density at radius 2 is 1.70 bits per heavy atom. The van der Waals surface area contributed by atoms with Crippen LogP contribution in [0.15, 0.2) is 36.4 Å². The van der Waals surface area contributed by atoms with Crippen LogP contribution in [-0.4, -0.2) is 53.3 Å². The highest BCUT2D eigenvalue weighted by atomic mass is 19.4. The van der Waals surface area contributed by atoms with Crippen LogP contribution in [-0.2, 0) is 22.3 Å². The largest absolute Gasteiger partial charge is 0.444 e. The molecule has 3 rings (SSSR count). The third-order valence-electron chi connectivity index (χ3n) is 7.25. The minimum atomic E-state index is -4.75. The van der Waals surface area contributed by atoms with E-state index in [2.05, 4.69) is 27.3 Å². The molecular formula is C31H41F3N4O5. The van der Waals surface area contributed by atoms with Crippen molar-refractivity contribution in [3.05, 3.63) is 64.2 Å². The van der Waals surface area contributed by atoms with Gasteiger partial charge in [-0.2, -0.15) is 13.2 Å². The summed E-state index contributed by atoms with van der Waals surface area (Å²) in [6, 6.07) is 7.72. The van der Waals surface area contributed by atoms with Crippen molar-refractivity contribution in [1.82, 2.24) is 16.0 Å². The van der Waals surface area contributed by atoms with Gasteiger partial charge < -0.3 is 25.8 Å². The number of carbonyl (C=O) groups excluding carboxylic acids is 3. The number of anilines is 1. The summed E-state index contributed by atoms with van der Waals surface area (Å²) in [6.45, 7) is 9.07. The van der Waals surface area contributed by atoms with Crippen molar-refractivity contribution in [3.63, 3.8) is 0 Å². The van der Waals surface area contributed by atoms with Crippen molar-refractivity contribution in [2.45, 2.75) is 90.3 Å². The van der Waals surface area contributed by atoms with Gasteiger partial charge >= 0.3 is 12.3 Å². The fourth-order valence-electron chi connectivity index (χ4n) is 5.04. The summed E-state index contributed by atoms with van der Waals surface area (Å²) in [7, 11) is 0. The average molecular weight is 607 g/mol. The molecule has 5 N–H and O–H groups in total. The zero-order valence-electron chi connectivity index (χ0n) is 25.2. The highest BCUT2D eigenvalue weighted by Gasteiger charge is 2.40. The highest BCUT2D eigenvalue weighted by Crippen LogP contribution is 2.33. The molecule has 9 nitrogen and oxygen atoms in total. The third kappa shape index (κ3) is 9.96. The van der Waals surface area contributed by atoms with Crippen molar-refractivity contribution < 1.29 is 37.4 Å². The molecule has 0 saturated heterocycles. The van der Waals surface area contributed by atoms with Crippen LogP contribution in [0.25, 0.3) is 0 Å². The molecule has 236 valence electrons. The van der Waals surface area contributed by atoms with E-state index < -0.39 is 59.0 Å². The van der Waals surface area contributed by atoms with Gasteiger partial charge in [-0.25, -0.2) is 4.79 Å². The molecule has 0 radical (unpaired) electrons. The summed E-state index contributed by atoms with van der Waals surface area (Å²) in [5, 5.41) is 22.0. The van der Waals surface area contributed by atoms with Crippen molar-refractivity contribution in [2.75, 3.05) is 18.4 Å². The van der Waals surface area contributed by atoms with E-state index in [1.807, 2.05) is 26.0 Å². The van der Waals surface area contributed by atoms with Crippen LogP contribution >= 0.6 is 0 Å². The van der Waals surface area contributed by atoms with Crippen LogP contribution < -0.4 is 21.3 Å². The molecule has 0 aromatic heterocycles. The monoisotopic (exact) mass is 606 g/mol. The standard InChI is InChI=1S/C31H41F3N4O5/c1-19-8-9-21(20(2)14-19)16-35-17-25(30(42)12-6-7-13-30)38-26(39)18-36-27(40)23-15-22(31(32,33)34)10-11-24(23)37-28(41)43-29(3,4)5/h8-11,14-15,25,35,42H,6-7,12-13,16-18H2,1-5H3,(H,36,40)(H,37,41)(H,38,39)/t25-/m0/s1. The second-order valence-electron chi connectivity index (χ2n) is 12.1. The first kappa shape index (κ1) is 33.9. The number of aliphatic hydroxyl groups is 1. The Morgan fingerprint density at radius 3 is 2.30 bits per heavy atom. The molecule has 1 aliphatic carbocycles. The minimum Gasteiger partial charge on any atom is -0.444 e. The van der Waals surface area contributed by atoms with Crippen molar-refractivity contribution in [1.29, 1.82) is 0 Å². The molecule has 0 unspecified atom stereocenters. The van der Waals surface area contributed by atoms with E-state index in [0.29, 0.717) is 25.5 Å². The van der Waals surface area contributed by atoms with E-state index in [-0.39, 0.29) is 12.2 Å². The highest BCUT2D eigenvalue weighted by molar-refractivity contribution is 6.04. The number of carbonyl (C=O) groups is 3. The normalized spacial score (nSPS) is 15.5. The number of hydrogen-bond acceptors (Lipinski definition) is 6. The van der Waals surface area contributed by atoms with E-state index in [4.69, 9.17) is 4.74 Å². The summed E-state index contributed by atoms with van der Waals surface area (Å²) < 4.78 is 45.4. The maximum absolute atomic E-state index is 13.4. The van der Waals surface area contributed by atoms with E-state index in [9.17, 15) is 32.7 Å². The minimum absolute atomic E-state index is 0.214. The Labute approximate surface area is 250 Å². The fraction of sp³-hybridized carbons (Fsp3) is 0.516. The number of rotatable bonds is 10. The lowest BCUT2D eigenvalue weighted by molar-refractivity contribution is -0.137. The zero-order valence-corrected chi connectivity index (χ0v) is 25.2. The first-order valence-electron chi connectivity index (χ1n) is 14.2. The van der Waals surface area contributed by atoms with Gasteiger partial charge in [-0.15, -0.1) is 0 Å². The molecule has 0 aliphatic heterocycles. The fourth-order valence-corrected chi connectivity index (χ4v) is 5.04. The van der Waals surface area contributed by atoms with E-state index >= 15 is 0 Å². The Hall–Kier alpha value is -3.64. The predicted octanol–water partition coefficient (Wildman–Crippen LogP) is 4.98. The van der Waals surface area contributed by atoms with Gasteiger partial charge in [-0.05, 0) is 76.8 Å². The smallest absolute Gasteiger partial charge is 0.416 e. The van der Waals surface area contributed by atoms with Crippen LogP contribution in [0.2, 0.25) is 0 Å². The molecule has 1 atom stereocenters. The maximum Gasteiger partial charge on any atom is 0.416 e. The van der Waals surface area contributed by atoms with Gasteiger partial charge in [-0.3, -0.25) is 14.9 Å². The summed E-state index contributed by atoms with van der Waals surface area (Å²) in [4.78, 5) is 38.2. The van der Waals surface area contributed by atoms with Gasteiger partial charge in [-0.1, -0.05) is 36.6 Å². The van der Waals surface area contributed by atoms with Crippen molar-refractivity contribution >= 4 is 23.6 Å². The number of nitrogens with one attached hydrogen (secondary N) is 4. The predicted molar refractivity (Wildman–Crippen MR) is 157 cm³/mol. The molecular weight excluding hydrogens is 565 g/mol. The van der Waals surface area contributed by atoms with E-state index in [0.717, 1.165) is 41.7 Å². The van der Waals surface area contributed by atoms with Crippen LogP contribution in [0.3, 0.4) is 0 Å². The Kier molecular flexibility index (Phi) is 10.8. The topological polar surface area (TPSA) is 129 Å². The Morgan fingerprint density at radius 1 is 1.02 bits per heavy atom. The van der Waals surface area contributed by atoms with Crippen LogP contribution in [0.5, 0.6) is 0 Å². The van der Waals surface area contributed by atoms with Crippen LogP contribution in [0.1, 0.15) is 79.1 Å². The second-order valence-corrected chi connectivity index (χ2v) is 12.1. The van der Waals surface area contributed by atoms with Gasteiger partial charge in [0.2, 0.25) is 5.91 Å². The molecule has 0 spiro atoms. The molecule has 0 bridgehead atoms. The number of amides is 3. The van der Waals surface area contributed by atoms with Gasteiger partial charge in [0.15, 0.2) is 0 Å². The number of aryl methyl sites for hydroxylation is 2. The molecule has 0 heterocycles. The average Bonchev–Trinajstić information content (AvgIpc) is 3.33. The lowest BCUT2D eigenvalue weighted by atomic mass is 9.92. The maximum atomic E-state index is 13.4. The zero-order chi connectivity index (χ0) is 32.0. The van der Waals surface area contributed by atoms with Gasteiger partial charge in [0.1, 0.15) is 5.60 Å². The molecule has 1 saturated carbocycles. The summed E-state index contributed by atoms with van der Waals surface area (Å²) >= 11 is 0. The molecule has 43 heavy (non-hydrogen) atoms. The molecule has 2 aromatic rings. The number of hydrogen-bond donors (Lipinski definition) is 5. The molecule has 1 aliphatic rings. The lowest BCUT2D eigenvalue weighted by Gasteiger charge is -2.33. The first-order valence-corrected chi connectivity index (χ1v) is 14.2. The summed E-state index contributed by atoms with van der Waals surface area (Å²) in [6.07, 6.45) is -3.09. The third-order valence-corrected chi connectivity index (χ3v) is 7.25. The quantitative estimate of drug-likeness (QED) is 0.260.